The molecule has 0 aromatic heterocycles. The van der Waals surface area contributed by atoms with Gasteiger partial charge in [0.25, 0.3) is 11.8 Å². The molecule has 0 fully saturated rings. The Morgan fingerprint density at radius 1 is 0.939 bits per heavy atom. The molecule has 0 saturated heterocycles. The number of benzene rings is 3. The first-order chi connectivity index (χ1) is 15.9. The lowest BCUT2D eigenvalue weighted by Gasteiger charge is -2.19. The molecule has 0 saturated carbocycles. The Morgan fingerprint density at radius 3 is 2.27 bits per heavy atom. The Morgan fingerprint density at radius 2 is 1.64 bits per heavy atom. The number of nitrogens with zero attached hydrogens (tertiary/aromatic N) is 1. The fourth-order valence-corrected chi connectivity index (χ4v) is 4.60. The van der Waals surface area contributed by atoms with Gasteiger partial charge in [-0.25, -0.2) is 4.90 Å². The van der Waals surface area contributed by atoms with Crippen molar-refractivity contribution < 1.29 is 19.1 Å². The summed E-state index contributed by atoms with van der Waals surface area (Å²) in [6, 6.07) is 21.7. The Hall–Kier alpha value is -3.84. The molecule has 0 radical (unpaired) electrons. The summed E-state index contributed by atoms with van der Waals surface area (Å²) in [5, 5.41) is 2.71. The fraction of sp³-hybridized carbons (Fsp3) is 0.115. The molecular weight excluding hydrogens is 436 g/mol. The number of methoxy groups -OCH3 is 1. The highest BCUT2D eigenvalue weighted by atomic mass is 32.2. The summed E-state index contributed by atoms with van der Waals surface area (Å²) in [6.07, 6.45) is 0. The van der Waals surface area contributed by atoms with Crippen molar-refractivity contribution in [1.29, 1.82) is 0 Å². The van der Waals surface area contributed by atoms with Crippen LogP contribution in [0.3, 0.4) is 0 Å². The van der Waals surface area contributed by atoms with Crippen molar-refractivity contribution in [3.63, 3.8) is 0 Å². The van der Waals surface area contributed by atoms with Gasteiger partial charge < -0.3 is 10.1 Å². The van der Waals surface area contributed by atoms with E-state index >= 15 is 0 Å². The van der Waals surface area contributed by atoms with E-state index in [2.05, 4.69) is 5.32 Å². The van der Waals surface area contributed by atoms with Crippen LogP contribution in [-0.2, 0) is 14.4 Å². The van der Waals surface area contributed by atoms with E-state index in [0.717, 1.165) is 10.5 Å². The number of anilines is 2. The Kier molecular flexibility index (Phi) is 6.33. The van der Waals surface area contributed by atoms with Gasteiger partial charge in [0.05, 0.1) is 23.3 Å². The largest absolute Gasteiger partial charge is 0.495 e. The van der Waals surface area contributed by atoms with Crippen LogP contribution in [0.1, 0.15) is 18.1 Å². The zero-order valence-electron chi connectivity index (χ0n) is 18.4. The monoisotopic (exact) mass is 458 g/mol. The predicted molar refractivity (Wildman–Crippen MR) is 130 cm³/mol. The van der Waals surface area contributed by atoms with Gasteiger partial charge in [0.2, 0.25) is 5.91 Å². The molecule has 0 aliphatic carbocycles. The molecule has 0 atom stereocenters. The second-order valence-electron chi connectivity index (χ2n) is 7.50. The molecule has 166 valence electrons. The molecule has 6 nitrogen and oxygen atoms in total. The molecule has 1 aliphatic rings. The molecule has 3 aromatic carbocycles. The molecule has 3 aromatic rings. The summed E-state index contributed by atoms with van der Waals surface area (Å²) in [5.41, 5.74) is 2.82. The number of rotatable bonds is 6. The highest BCUT2D eigenvalue weighted by Crippen LogP contribution is 2.43. The summed E-state index contributed by atoms with van der Waals surface area (Å²) in [6.45, 7) is 3.32. The van der Waals surface area contributed by atoms with Crippen molar-refractivity contribution in [2.45, 2.75) is 18.7 Å². The summed E-state index contributed by atoms with van der Waals surface area (Å²) in [5.74, 6) is -0.575. The van der Waals surface area contributed by atoms with Gasteiger partial charge in [-0.2, -0.15) is 0 Å². The number of carbonyl (C=O) groups excluding carboxylic acids is 3. The van der Waals surface area contributed by atoms with Gasteiger partial charge in [-0.1, -0.05) is 48.2 Å². The third-order valence-corrected chi connectivity index (χ3v) is 6.16. The number of hydrogen-bond acceptors (Lipinski definition) is 5. The summed E-state index contributed by atoms with van der Waals surface area (Å²) in [7, 11) is 1.51. The fourth-order valence-electron chi connectivity index (χ4n) is 3.58. The lowest BCUT2D eigenvalue weighted by Crippen LogP contribution is -2.31. The molecule has 0 unspecified atom stereocenters. The lowest BCUT2D eigenvalue weighted by molar-refractivity contribution is -0.120. The molecule has 33 heavy (non-hydrogen) atoms. The van der Waals surface area contributed by atoms with Gasteiger partial charge in [0.1, 0.15) is 5.75 Å². The number of carbonyl (C=O) groups is 3. The van der Waals surface area contributed by atoms with E-state index in [-0.39, 0.29) is 5.91 Å². The smallest absolute Gasteiger partial charge is 0.273 e. The molecule has 3 amide bonds. The minimum atomic E-state index is -0.422. The molecule has 1 aliphatic heterocycles. The summed E-state index contributed by atoms with van der Waals surface area (Å²) >= 11 is 1.25. The van der Waals surface area contributed by atoms with Crippen LogP contribution >= 0.6 is 11.8 Å². The van der Waals surface area contributed by atoms with Crippen LogP contribution in [0.2, 0.25) is 0 Å². The molecule has 0 bridgehead atoms. The predicted octanol–water partition coefficient (Wildman–Crippen LogP) is 5.04. The van der Waals surface area contributed by atoms with Crippen LogP contribution in [0.5, 0.6) is 5.75 Å². The normalized spacial score (nSPS) is 13.5. The number of amides is 3. The Balaban J connectivity index is 1.82. The van der Waals surface area contributed by atoms with Crippen molar-refractivity contribution in [2.24, 2.45) is 0 Å². The van der Waals surface area contributed by atoms with Crippen molar-refractivity contribution in [2.75, 3.05) is 17.3 Å². The maximum absolute atomic E-state index is 13.7. The summed E-state index contributed by atoms with van der Waals surface area (Å²) < 4.78 is 5.44. The SMILES string of the molecule is COc1ccc(C)cc1N1C(=O)C(Sc2ccccc2)=C(c2ccc(NC(C)=O)cc2)C1=O. The van der Waals surface area contributed by atoms with Crippen molar-refractivity contribution in [1.82, 2.24) is 0 Å². The van der Waals surface area contributed by atoms with Gasteiger partial charge >= 0.3 is 0 Å². The minimum Gasteiger partial charge on any atom is -0.495 e. The van der Waals surface area contributed by atoms with E-state index in [1.54, 1.807) is 36.4 Å². The van der Waals surface area contributed by atoms with Crippen molar-refractivity contribution in [3.05, 3.63) is 88.8 Å². The minimum absolute atomic E-state index is 0.188. The van der Waals surface area contributed by atoms with E-state index in [0.29, 0.717) is 33.2 Å². The molecule has 7 heteroatoms. The topological polar surface area (TPSA) is 75.7 Å². The number of aryl methyl sites for hydroxylation is 1. The Bertz CT molecular complexity index is 1270. The van der Waals surface area contributed by atoms with Crippen LogP contribution in [-0.4, -0.2) is 24.8 Å². The molecule has 0 spiro atoms. The van der Waals surface area contributed by atoms with Gasteiger partial charge in [0, 0.05) is 17.5 Å². The van der Waals surface area contributed by atoms with Crippen LogP contribution in [0.25, 0.3) is 5.57 Å². The molecular formula is C26H22N2O4S. The van der Waals surface area contributed by atoms with E-state index in [1.165, 1.54) is 30.7 Å². The molecule has 4 rings (SSSR count). The number of imide groups is 1. The second-order valence-corrected chi connectivity index (χ2v) is 8.58. The van der Waals surface area contributed by atoms with E-state index < -0.39 is 11.8 Å². The van der Waals surface area contributed by atoms with Crippen molar-refractivity contribution in [3.8, 4) is 5.75 Å². The van der Waals surface area contributed by atoms with E-state index in [1.807, 2.05) is 43.3 Å². The standard InChI is InChI=1S/C26H22N2O4S/c1-16-9-14-22(32-3)21(15-16)28-25(30)23(18-10-12-19(13-11-18)27-17(2)29)24(26(28)31)33-20-7-5-4-6-8-20/h4-15H,1-3H3,(H,27,29). The van der Waals surface area contributed by atoms with Gasteiger partial charge in [0.15, 0.2) is 0 Å². The highest BCUT2D eigenvalue weighted by Gasteiger charge is 2.41. The van der Waals surface area contributed by atoms with Gasteiger partial charge in [-0.05, 0) is 54.4 Å². The molecule has 1 N–H and O–H groups in total. The van der Waals surface area contributed by atoms with Gasteiger partial charge in [-0.3, -0.25) is 14.4 Å². The first-order valence-corrected chi connectivity index (χ1v) is 11.1. The number of thioether (sulfide) groups is 1. The van der Waals surface area contributed by atoms with E-state index in [9.17, 15) is 14.4 Å². The van der Waals surface area contributed by atoms with Crippen LogP contribution in [0, 0.1) is 6.92 Å². The average Bonchev–Trinajstić information content (AvgIpc) is 3.04. The van der Waals surface area contributed by atoms with Crippen LogP contribution in [0.15, 0.2) is 82.6 Å². The van der Waals surface area contributed by atoms with Crippen LogP contribution < -0.4 is 15.0 Å². The Labute approximate surface area is 196 Å². The number of nitrogens with one attached hydrogen (secondary N) is 1. The summed E-state index contributed by atoms with van der Waals surface area (Å²) in [4.78, 5) is 41.0. The third-order valence-electron chi connectivity index (χ3n) is 5.07. The lowest BCUT2D eigenvalue weighted by atomic mass is 10.1. The molecule has 1 heterocycles. The number of hydrogen-bond donors (Lipinski definition) is 1. The van der Waals surface area contributed by atoms with Crippen molar-refractivity contribution >= 4 is 46.4 Å². The third kappa shape index (κ3) is 4.54. The first kappa shape index (κ1) is 22.4. The van der Waals surface area contributed by atoms with Gasteiger partial charge in [-0.15, -0.1) is 0 Å². The average molecular weight is 459 g/mol. The zero-order valence-corrected chi connectivity index (χ0v) is 19.2. The quantitative estimate of drug-likeness (QED) is 0.524. The number of ether oxygens (including phenoxy) is 1. The van der Waals surface area contributed by atoms with Crippen LogP contribution in [0.4, 0.5) is 11.4 Å². The maximum Gasteiger partial charge on any atom is 0.273 e. The second kappa shape index (κ2) is 9.34. The van der Waals surface area contributed by atoms with E-state index in [4.69, 9.17) is 4.74 Å². The maximum atomic E-state index is 13.7. The first-order valence-electron chi connectivity index (χ1n) is 10.3. The zero-order chi connectivity index (χ0) is 23.5. The highest BCUT2D eigenvalue weighted by molar-refractivity contribution is 8.04.